The first-order valence-electron chi connectivity index (χ1n) is 14.3. The van der Waals surface area contributed by atoms with Gasteiger partial charge in [-0.2, -0.15) is 19.8 Å². The first-order chi connectivity index (χ1) is 21.8. The molecule has 6 rings (SSSR count). The molecule has 0 bridgehead atoms. The van der Waals surface area contributed by atoms with Crippen molar-refractivity contribution in [2.75, 3.05) is 36.8 Å². The number of aryl methyl sites for hydroxylation is 1. The predicted octanol–water partition coefficient (Wildman–Crippen LogP) is 1.91. The zero-order valence-corrected chi connectivity index (χ0v) is 25.3. The highest BCUT2D eigenvalue weighted by molar-refractivity contribution is 7.89. The fraction of sp³-hybridized carbons (Fsp3) is 0.290. The van der Waals surface area contributed by atoms with Crippen LogP contribution in [0.5, 0.6) is 0 Å². The summed E-state index contributed by atoms with van der Waals surface area (Å²) in [6.45, 7) is 1.49. The van der Waals surface area contributed by atoms with Crippen LogP contribution < -0.4 is 4.90 Å². The van der Waals surface area contributed by atoms with Crippen LogP contribution in [0.15, 0.2) is 67.9 Å². The Kier molecular flexibility index (Phi) is 8.53. The van der Waals surface area contributed by atoms with E-state index in [1.165, 1.54) is 10.6 Å². The number of pyridine rings is 2. The van der Waals surface area contributed by atoms with E-state index in [9.17, 15) is 18.8 Å². The molecule has 5 aromatic heterocycles. The summed E-state index contributed by atoms with van der Waals surface area (Å²) in [5, 5.41) is 28.7. The van der Waals surface area contributed by atoms with Crippen molar-refractivity contribution < 1.29 is 13.5 Å². The normalized spacial score (nSPS) is 14.6. The number of nitrogens with zero attached hydrogens (tertiary/aromatic N) is 10. The third-order valence-electron chi connectivity index (χ3n) is 7.56. The summed E-state index contributed by atoms with van der Waals surface area (Å²) in [5.41, 5.74) is 5.47. The first-order valence-corrected chi connectivity index (χ1v) is 15.9. The molecule has 1 N–H and O–H groups in total. The average molecular weight is 623 g/mol. The molecule has 1 atom stereocenters. The minimum Gasteiger partial charge on any atom is -0.391 e. The summed E-state index contributed by atoms with van der Waals surface area (Å²) in [4.78, 5) is 14.6. The molecule has 14 heteroatoms. The van der Waals surface area contributed by atoms with Crippen molar-refractivity contribution in [1.29, 1.82) is 5.26 Å². The molecule has 0 radical (unpaired) electrons. The molecule has 45 heavy (non-hydrogen) atoms. The van der Waals surface area contributed by atoms with Crippen molar-refractivity contribution in [2.45, 2.75) is 18.9 Å². The highest BCUT2D eigenvalue weighted by Crippen LogP contribution is 2.32. The van der Waals surface area contributed by atoms with Gasteiger partial charge in [-0.25, -0.2) is 27.9 Å². The van der Waals surface area contributed by atoms with E-state index in [1.54, 1.807) is 40.2 Å². The van der Waals surface area contributed by atoms with E-state index in [-0.39, 0.29) is 25.3 Å². The fourth-order valence-electron chi connectivity index (χ4n) is 5.26. The van der Waals surface area contributed by atoms with Crippen LogP contribution in [0.25, 0.3) is 27.8 Å². The van der Waals surface area contributed by atoms with Crippen LogP contribution >= 0.6 is 0 Å². The molecule has 228 valence electrons. The van der Waals surface area contributed by atoms with Gasteiger partial charge in [0, 0.05) is 105 Å². The van der Waals surface area contributed by atoms with E-state index in [4.69, 9.17) is 4.98 Å². The van der Waals surface area contributed by atoms with Gasteiger partial charge in [0.15, 0.2) is 0 Å². The van der Waals surface area contributed by atoms with Crippen LogP contribution in [0.4, 0.5) is 5.82 Å². The number of hydrogen-bond donors (Lipinski definition) is 1. The van der Waals surface area contributed by atoms with E-state index in [2.05, 4.69) is 38.1 Å². The van der Waals surface area contributed by atoms with Gasteiger partial charge in [-0.3, -0.25) is 4.68 Å². The van der Waals surface area contributed by atoms with Crippen LogP contribution in [0.2, 0.25) is 0 Å². The van der Waals surface area contributed by atoms with Crippen molar-refractivity contribution >= 4 is 21.4 Å². The summed E-state index contributed by atoms with van der Waals surface area (Å²) in [6, 6.07) is 8.08. The van der Waals surface area contributed by atoms with E-state index in [0.717, 1.165) is 33.6 Å². The molecule has 1 saturated heterocycles. The number of fused-ring (bicyclic) bond motifs is 1. The minimum absolute atomic E-state index is 0.0652. The third-order valence-corrected chi connectivity index (χ3v) is 9.52. The van der Waals surface area contributed by atoms with E-state index >= 15 is 0 Å². The van der Waals surface area contributed by atoms with Gasteiger partial charge in [0.2, 0.25) is 10.0 Å². The zero-order valence-electron chi connectivity index (χ0n) is 24.5. The van der Waals surface area contributed by atoms with Crippen molar-refractivity contribution in [2.24, 2.45) is 7.05 Å². The number of nitriles is 1. The van der Waals surface area contributed by atoms with Crippen molar-refractivity contribution in [3.8, 4) is 40.2 Å². The van der Waals surface area contributed by atoms with Gasteiger partial charge in [-0.15, -0.1) is 5.92 Å². The quantitative estimate of drug-likeness (QED) is 0.253. The van der Waals surface area contributed by atoms with Gasteiger partial charge in [0.1, 0.15) is 18.2 Å². The molecule has 0 aliphatic carbocycles. The number of aliphatic hydroxyl groups is 1. The van der Waals surface area contributed by atoms with Crippen LogP contribution in [-0.2, 0) is 23.5 Å². The van der Waals surface area contributed by atoms with Gasteiger partial charge < -0.3 is 10.0 Å². The molecule has 0 amide bonds. The summed E-state index contributed by atoms with van der Waals surface area (Å²) in [7, 11) is -1.81. The Morgan fingerprint density at radius 1 is 0.956 bits per heavy atom. The van der Waals surface area contributed by atoms with Gasteiger partial charge in [-0.1, -0.05) is 5.92 Å². The molecule has 0 aromatic carbocycles. The Bertz CT molecular complexity index is 2020. The monoisotopic (exact) mass is 622 g/mol. The number of sulfonamides is 1. The summed E-state index contributed by atoms with van der Waals surface area (Å²) in [6.07, 6.45) is 13.1. The topological polar surface area (TPSA) is 158 Å². The zero-order chi connectivity index (χ0) is 31.4. The van der Waals surface area contributed by atoms with Crippen LogP contribution in [0.1, 0.15) is 17.5 Å². The lowest BCUT2D eigenvalue weighted by Crippen LogP contribution is -2.50. The van der Waals surface area contributed by atoms with Crippen LogP contribution in [-0.4, -0.2) is 90.2 Å². The summed E-state index contributed by atoms with van der Waals surface area (Å²) in [5.74, 6) is 6.12. The molecule has 13 nitrogen and oxygen atoms in total. The van der Waals surface area contributed by atoms with Gasteiger partial charge in [0.05, 0.1) is 35.3 Å². The maximum atomic E-state index is 13.0. The molecule has 1 fully saturated rings. The number of aliphatic hydroxyl groups excluding tert-OH is 1. The molecular weight excluding hydrogens is 592 g/mol. The Morgan fingerprint density at radius 3 is 2.44 bits per heavy atom. The Morgan fingerprint density at radius 2 is 1.76 bits per heavy atom. The second-order valence-electron chi connectivity index (χ2n) is 10.7. The van der Waals surface area contributed by atoms with Crippen molar-refractivity contribution in [3.63, 3.8) is 0 Å². The maximum Gasteiger partial charge on any atom is 0.216 e. The maximum absolute atomic E-state index is 13.0. The second kappa shape index (κ2) is 12.8. The smallest absolute Gasteiger partial charge is 0.216 e. The number of piperazine rings is 1. The lowest BCUT2D eigenvalue weighted by Gasteiger charge is -2.35. The standard InChI is InChI=1S/C31H30N10O3S/c1-38-19-27(18-36-38)25-12-29(31-26(13-32)17-37-41(31)20-25)24-6-7-30(35-16-24)39-8-10-40(11-9-39)45(43,44)21-28(42)5-3-2-4-23-14-33-22-34-15-23/h6-7,12,14-20,22,28,42H,4-5,8-11,21H2,1H3. The lowest BCUT2D eigenvalue weighted by molar-refractivity contribution is 0.200. The van der Waals surface area contributed by atoms with Gasteiger partial charge in [-0.05, 0) is 18.2 Å². The minimum atomic E-state index is -3.66. The lowest BCUT2D eigenvalue weighted by atomic mass is 10.0. The molecule has 1 unspecified atom stereocenters. The Labute approximate surface area is 260 Å². The number of rotatable bonds is 8. The van der Waals surface area contributed by atoms with Gasteiger partial charge >= 0.3 is 0 Å². The number of hydrogen-bond acceptors (Lipinski definition) is 10. The number of aromatic nitrogens is 7. The Balaban J connectivity index is 1.10. The SMILES string of the molecule is Cn1cc(-c2cc(-c3ccc(N4CCN(S(=O)(=O)CC(O)CC#CCc5cncnc5)CC4)nc3)c3c(C#N)cnn3c2)cn1. The van der Waals surface area contributed by atoms with E-state index in [0.29, 0.717) is 30.6 Å². The Hall–Kier alpha value is -5.15. The predicted molar refractivity (Wildman–Crippen MR) is 167 cm³/mol. The van der Waals surface area contributed by atoms with E-state index < -0.39 is 16.1 Å². The van der Waals surface area contributed by atoms with Crippen LogP contribution in [0, 0.1) is 23.2 Å². The third kappa shape index (κ3) is 6.68. The summed E-state index contributed by atoms with van der Waals surface area (Å²) >= 11 is 0. The second-order valence-corrected chi connectivity index (χ2v) is 12.7. The number of anilines is 1. The first kappa shape index (κ1) is 29.9. The molecule has 0 saturated carbocycles. The van der Waals surface area contributed by atoms with Crippen molar-refractivity contribution in [1.82, 2.24) is 38.7 Å². The molecule has 1 aliphatic rings. The molecule has 6 heterocycles. The molecule has 0 spiro atoms. The molecule has 5 aromatic rings. The fourth-order valence-corrected chi connectivity index (χ4v) is 6.80. The average Bonchev–Trinajstić information content (AvgIpc) is 3.69. The van der Waals surface area contributed by atoms with Crippen LogP contribution in [0.3, 0.4) is 0 Å². The highest BCUT2D eigenvalue weighted by Gasteiger charge is 2.29. The molecule has 1 aliphatic heterocycles. The van der Waals surface area contributed by atoms with E-state index in [1.807, 2.05) is 42.5 Å². The van der Waals surface area contributed by atoms with Gasteiger partial charge in [0.25, 0.3) is 0 Å². The largest absolute Gasteiger partial charge is 0.391 e. The highest BCUT2D eigenvalue weighted by atomic mass is 32.2. The van der Waals surface area contributed by atoms with Crippen molar-refractivity contribution in [3.05, 3.63) is 79.0 Å². The summed E-state index contributed by atoms with van der Waals surface area (Å²) < 4.78 is 30.8. The molecular formula is C31H30N10O3S.